The Balaban J connectivity index is 1.58. The quantitative estimate of drug-likeness (QED) is 0.869. The Labute approximate surface area is 149 Å². The zero-order valence-corrected chi connectivity index (χ0v) is 15.2. The van der Waals surface area contributed by atoms with E-state index in [0.717, 1.165) is 70.0 Å². The van der Waals surface area contributed by atoms with Crippen molar-refractivity contribution in [2.75, 3.05) is 26.2 Å². The van der Waals surface area contributed by atoms with Gasteiger partial charge in [-0.05, 0) is 25.8 Å². The summed E-state index contributed by atoms with van der Waals surface area (Å²) in [6, 6.07) is 1.90. The van der Waals surface area contributed by atoms with Gasteiger partial charge < -0.3 is 9.47 Å². The lowest BCUT2D eigenvalue weighted by Gasteiger charge is -2.21. The molecule has 0 atom stereocenters. The van der Waals surface area contributed by atoms with Gasteiger partial charge in [-0.2, -0.15) is 5.10 Å². The monoisotopic (exact) mass is 344 g/mol. The van der Waals surface area contributed by atoms with Crippen molar-refractivity contribution in [2.24, 2.45) is 0 Å². The van der Waals surface area contributed by atoms with E-state index in [-0.39, 0.29) is 5.91 Å². The number of rotatable bonds is 6. The molecule has 3 heterocycles. The highest BCUT2D eigenvalue weighted by Gasteiger charge is 2.22. The largest absolute Gasteiger partial charge is 0.336 e. The summed E-state index contributed by atoms with van der Waals surface area (Å²) in [5.41, 5.74) is 1.58. The Bertz CT molecular complexity index is 691. The third-order valence-electron chi connectivity index (χ3n) is 4.75. The molecule has 2 aromatic rings. The Morgan fingerprint density at radius 2 is 2.12 bits per heavy atom. The molecule has 25 heavy (non-hydrogen) atoms. The minimum absolute atomic E-state index is 0.0375. The van der Waals surface area contributed by atoms with Gasteiger partial charge >= 0.3 is 0 Å². The van der Waals surface area contributed by atoms with Crippen molar-refractivity contribution in [1.29, 1.82) is 0 Å². The minimum atomic E-state index is 0.0375. The Kier molecular flexibility index (Phi) is 5.86. The number of H-pyrrole nitrogens is 1. The number of carbonyl (C=O) groups excluding carboxylic acids is 1. The van der Waals surface area contributed by atoms with E-state index in [9.17, 15) is 4.79 Å². The van der Waals surface area contributed by atoms with Crippen molar-refractivity contribution in [2.45, 2.75) is 46.2 Å². The van der Waals surface area contributed by atoms with Gasteiger partial charge in [0.25, 0.3) is 5.91 Å². The minimum Gasteiger partial charge on any atom is -0.336 e. The summed E-state index contributed by atoms with van der Waals surface area (Å²) in [5, 5.41) is 7.17. The molecule has 1 aliphatic rings. The number of aryl methyl sites for hydroxylation is 2. The summed E-state index contributed by atoms with van der Waals surface area (Å²) in [6.45, 7) is 9.41. The van der Waals surface area contributed by atoms with Gasteiger partial charge in [0.2, 0.25) is 0 Å². The first kappa shape index (κ1) is 17.7. The lowest BCUT2D eigenvalue weighted by Crippen LogP contribution is -2.35. The van der Waals surface area contributed by atoms with Crippen LogP contribution in [0.15, 0.2) is 18.5 Å². The number of hydrogen-bond donors (Lipinski definition) is 1. The summed E-state index contributed by atoms with van der Waals surface area (Å²) < 4.78 is 2.17. The molecule has 1 saturated heterocycles. The highest BCUT2D eigenvalue weighted by molar-refractivity contribution is 5.92. The normalized spacial score (nSPS) is 16.2. The standard InChI is InChI=1S/C18H28N6O/c1-3-6-15-13-16(21-20-15)18(25)24-9-5-8-22(11-12-24)14-17-19-7-10-23(17)4-2/h7,10,13H,3-6,8-9,11-12,14H2,1-2H3,(H,20,21). The second kappa shape index (κ2) is 8.29. The molecule has 0 radical (unpaired) electrons. The highest BCUT2D eigenvalue weighted by Crippen LogP contribution is 2.12. The number of amides is 1. The molecule has 1 aliphatic heterocycles. The second-order valence-corrected chi connectivity index (χ2v) is 6.58. The molecule has 7 nitrogen and oxygen atoms in total. The number of imidazole rings is 1. The maximum Gasteiger partial charge on any atom is 0.274 e. The number of carbonyl (C=O) groups is 1. The Morgan fingerprint density at radius 3 is 2.92 bits per heavy atom. The van der Waals surface area contributed by atoms with Crippen LogP contribution in [0, 0.1) is 0 Å². The maximum atomic E-state index is 12.7. The summed E-state index contributed by atoms with van der Waals surface area (Å²) in [6.07, 6.45) is 6.83. The average molecular weight is 344 g/mol. The van der Waals surface area contributed by atoms with Gasteiger partial charge in [0.05, 0.1) is 6.54 Å². The van der Waals surface area contributed by atoms with Crippen LogP contribution in [0.5, 0.6) is 0 Å². The summed E-state index contributed by atoms with van der Waals surface area (Å²) in [4.78, 5) is 21.5. The van der Waals surface area contributed by atoms with Crippen molar-refractivity contribution >= 4 is 5.91 Å². The van der Waals surface area contributed by atoms with E-state index >= 15 is 0 Å². The van der Waals surface area contributed by atoms with Gasteiger partial charge in [0.1, 0.15) is 11.5 Å². The van der Waals surface area contributed by atoms with Gasteiger partial charge in [-0.15, -0.1) is 0 Å². The molecule has 7 heteroatoms. The van der Waals surface area contributed by atoms with Crippen LogP contribution in [-0.2, 0) is 19.5 Å². The van der Waals surface area contributed by atoms with E-state index in [1.54, 1.807) is 0 Å². The predicted molar refractivity (Wildman–Crippen MR) is 96.3 cm³/mol. The van der Waals surface area contributed by atoms with Crippen molar-refractivity contribution in [3.63, 3.8) is 0 Å². The fraction of sp³-hybridized carbons (Fsp3) is 0.611. The highest BCUT2D eigenvalue weighted by atomic mass is 16.2. The molecule has 1 amide bonds. The molecule has 0 unspecified atom stereocenters. The molecule has 0 saturated carbocycles. The van der Waals surface area contributed by atoms with Crippen molar-refractivity contribution in [3.8, 4) is 0 Å². The van der Waals surface area contributed by atoms with Gasteiger partial charge in [-0.25, -0.2) is 4.98 Å². The van der Waals surface area contributed by atoms with E-state index in [4.69, 9.17) is 0 Å². The molecule has 3 rings (SSSR count). The molecular formula is C18H28N6O. The number of hydrogen-bond acceptors (Lipinski definition) is 4. The molecule has 0 aromatic carbocycles. The predicted octanol–water partition coefficient (Wildman–Crippen LogP) is 1.93. The van der Waals surface area contributed by atoms with Crippen LogP contribution in [0.3, 0.4) is 0 Å². The molecule has 0 aliphatic carbocycles. The molecule has 1 N–H and O–H groups in total. The summed E-state index contributed by atoms with van der Waals surface area (Å²) in [7, 11) is 0. The van der Waals surface area contributed by atoms with Crippen LogP contribution in [0.25, 0.3) is 0 Å². The molecule has 0 spiro atoms. The zero-order chi connectivity index (χ0) is 17.6. The molecule has 1 fully saturated rings. The second-order valence-electron chi connectivity index (χ2n) is 6.58. The third kappa shape index (κ3) is 4.28. The lowest BCUT2D eigenvalue weighted by molar-refractivity contribution is 0.0755. The van der Waals surface area contributed by atoms with E-state index in [0.29, 0.717) is 5.69 Å². The number of nitrogens with zero attached hydrogens (tertiary/aromatic N) is 5. The number of aromatic amines is 1. The third-order valence-corrected chi connectivity index (χ3v) is 4.75. The Morgan fingerprint density at radius 1 is 1.24 bits per heavy atom. The maximum absolute atomic E-state index is 12.7. The molecule has 136 valence electrons. The van der Waals surface area contributed by atoms with Crippen LogP contribution >= 0.6 is 0 Å². The van der Waals surface area contributed by atoms with Crippen molar-refractivity contribution in [1.82, 2.24) is 29.5 Å². The van der Waals surface area contributed by atoms with E-state index in [2.05, 4.69) is 38.5 Å². The SMILES string of the molecule is CCCc1cc(C(=O)N2CCCN(Cc3nccn3CC)CC2)n[nH]1. The van der Waals surface area contributed by atoms with E-state index in [1.165, 1.54) is 0 Å². The van der Waals surface area contributed by atoms with Gasteiger partial charge in [0, 0.05) is 50.8 Å². The van der Waals surface area contributed by atoms with Crippen LogP contribution in [0.2, 0.25) is 0 Å². The van der Waals surface area contributed by atoms with Gasteiger partial charge in [0.15, 0.2) is 0 Å². The lowest BCUT2D eigenvalue weighted by atomic mass is 10.2. The van der Waals surface area contributed by atoms with Crippen LogP contribution in [0.4, 0.5) is 0 Å². The summed E-state index contributed by atoms with van der Waals surface area (Å²) >= 11 is 0. The fourth-order valence-electron chi connectivity index (χ4n) is 3.34. The molecule has 2 aromatic heterocycles. The number of aromatic nitrogens is 4. The Hall–Kier alpha value is -2.15. The van der Waals surface area contributed by atoms with Crippen molar-refractivity contribution in [3.05, 3.63) is 35.7 Å². The first-order valence-electron chi connectivity index (χ1n) is 9.27. The van der Waals surface area contributed by atoms with Crippen molar-refractivity contribution < 1.29 is 4.79 Å². The first-order valence-corrected chi connectivity index (χ1v) is 9.27. The summed E-state index contributed by atoms with van der Waals surface area (Å²) in [5.74, 6) is 1.13. The van der Waals surface area contributed by atoms with Crippen LogP contribution < -0.4 is 0 Å². The number of nitrogens with one attached hydrogen (secondary N) is 1. The molecular weight excluding hydrogens is 316 g/mol. The van der Waals surface area contributed by atoms with Gasteiger partial charge in [-0.3, -0.25) is 14.8 Å². The van der Waals surface area contributed by atoms with Gasteiger partial charge in [-0.1, -0.05) is 13.3 Å². The zero-order valence-electron chi connectivity index (χ0n) is 15.2. The van der Waals surface area contributed by atoms with E-state index < -0.39 is 0 Å². The topological polar surface area (TPSA) is 70.1 Å². The molecule has 0 bridgehead atoms. The average Bonchev–Trinajstić information content (AvgIpc) is 3.20. The van der Waals surface area contributed by atoms with E-state index in [1.807, 2.05) is 23.4 Å². The van der Waals surface area contributed by atoms with Crippen LogP contribution in [0.1, 0.15) is 48.7 Å². The smallest absolute Gasteiger partial charge is 0.274 e. The van der Waals surface area contributed by atoms with Crippen LogP contribution in [-0.4, -0.2) is 61.6 Å². The fourth-order valence-corrected chi connectivity index (χ4v) is 3.34. The first-order chi connectivity index (χ1) is 12.2.